The standard InChI is InChI=1S/C12H18ClN3O2.HI/c1-17-8-6-15-12(14)16-7-9-18-11-4-2-10(13)3-5-11;/h2-5H,6-9H2,1H3,(H3,14,15,16);1H. The van der Waals surface area contributed by atoms with Crippen molar-refractivity contribution in [2.45, 2.75) is 0 Å². The Balaban J connectivity index is 0.00000324. The SMILES string of the molecule is COCCN=C(N)NCCOc1ccc(Cl)cc1.I. The fourth-order valence-corrected chi connectivity index (χ4v) is 1.32. The summed E-state index contributed by atoms with van der Waals surface area (Å²) in [6.07, 6.45) is 0. The topological polar surface area (TPSA) is 68.9 Å². The molecule has 3 N–H and O–H groups in total. The van der Waals surface area contributed by atoms with Crippen LogP contribution in [0, 0.1) is 0 Å². The van der Waals surface area contributed by atoms with Crippen molar-refractivity contribution in [2.75, 3.05) is 33.4 Å². The van der Waals surface area contributed by atoms with Gasteiger partial charge in [-0.25, -0.2) is 0 Å². The predicted molar refractivity (Wildman–Crippen MR) is 88.7 cm³/mol. The molecule has 0 saturated carbocycles. The molecule has 5 nitrogen and oxygen atoms in total. The minimum atomic E-state index is 0. The number of hydrogen-bond donors (Lipinski definition) is 2. The molecule has 108 valence electrons. The molecule has 0 unspecified atom stereocenters. The van der Waals surface area contributed by atoms with Gasteiger partial charge in [0.05, 0.1) is 19.7 Å². The molecule has 0 amide bonds. The van der Waals surface area contributed by atoms with Crippen molar-refractivity contribution in [1.82, 2.24) is 5.32 Å². The predicted octanol–water partition coefficient (Wildman–Crippen LogP) is 1.89. The summed E-state index contributed by atoms with van der Waals surface area (Å²) in [4.78, 5) is 4.06. The number of guanidine groups is 1. The number of hydrogen-bond acceptors (Lipinski definition) is 3. The number of ether oxygens (including phenoxy) is 2. The van der Waals surface area contributed by atoms with E-state index in [1.807, 2.05) is 12.1 Å². The number of aliphatic imine (C=N–C) groups is 1. The first-order chi connectivity index (χ1) is 8.72. The van der Waals surface area contributed by atoms with Crippen LogP contribution in [0.4, 0.5) is 0 Å². The molecular formula is C12H19ClIN3O2. The van der Waals surface area contributed by atoms with Gasteiger partial charge < -0.3 is 20.5 Å². The molecule has 0 heterocycles. The highest BCUT2D eigenvalue weighted by atomic mass is 127. The summed E-state index contributed by atoms with van der Waals surface area (Å²) in [7, 11) is 1.62. The van der Waals surface area contributed by atoms with Crippen LogP contribution in [0.5, 0.6) is 5.75 Å². The van der Waals surface area contributed by atoms with Gasteiger partial charge in [0, 0.05) is 12.1 Å². The number of nitrogens with zero attached hydrogens (tertiary/aromatic N) is 1. The van der Waals surface area contributed by atoms with E-state index in [1.165, 1.54) is 0 Å². The first-order valence-electron chi connectivity index (χ1n) is 5.63. The van der Waals surface area contributed by atoms with E-state index >= 15 is 0 Å². The van der Waals surface area contributed by atoms with Gasteiger partial charge in [-0.1, -0.05) is 11.6 Å². The number of benzene rings is 1. The van der Waals surface area contributed by atoms with Crippen LogP contribution in [-0.2, 0) is 4.74 Å². The molecule has 0 aliphatic rings. The largest absolute Gasteiger partial charge is 0.492 e. The number of rotatable bonds is 7. The Morgan fingerprint density at radius 1 is 1.32 bits per heavy atom. The summed E-state index contributed by atoms with van der Waals surface area (Å²) in [5.41, 5.74) is 5.62. The molecule has 1 aromatic carbocycles. The lowest BCUT2D eigenvalue weighted by Crippen LogP contribution is -2.35. The zero-order valence-electron chi connectivity index (χ0n) is 10.8. The highest BCUT2D eigenvalue weighted by Crippen LogP contribution is 2.14. The summed E-state index contributed by atoms with van der Waals surface area (Å²) < 4.78 is 10.3. The van der Waals surface area contributed by atoms with Gasteiger partial charge >= 0.3 is 0 Å². The monoisotopic (exact) mass is 399 g/mol. The van der Waals surface area contributed by atoms with E-state index in [1.54, 1.807) is 19.2 Å². The summed E-state index contributed by atoms with van der Waals surface area (Å²) in [5.74, 6) is 1.17. The normalized spacial score (nSPS) is 10.7. The number of nitrogens with two attached hydrogens (primary N) is 1. The third-order valence-corrected chi connectivity index (χ3v) is 2.32. The van der Waals surface area contributed by atoms with Crippen molar-refractivity contribution in [2.24, 2.45) is 10.7 Å². The molecule has 0 aromatic heterocycles. The quantitative estimate of drug-likeness (QED) is 0.318. The Labute approximate surface area is 135 Å². The molecule has 0 spiro atoms. The zero-order valence-corrected chi connectivity index (χ0v) is 13.9. The lowest BCUT2D eigenvalue weighted by Gasteiger charge is -2.08. The van der Waals surface area contributed by atoms with E-state index in [0.717, 1.165) is 5.75 Å². The van der Waals surface area contributed by atoms with Crippen molar-refractivity contribution < 1.29 is 9.47 Å². The van der Waals surface area contributed by atoms with Crippen LogP contribution in [0.2, 0.25) is 5.02 Å². The number of nitrogens with one attached hydrogen (secondary N) is 1. The molecule has 0 saturated heterocycles. The van der Waals surface area contributed by atoms with Gasteiger partial charge in [0.25, 0.3) is 0 Å². The summed E-state index contributed by atoms with van der Waals surface area (Å²) in [5, 5.41) is 3.63. The Bertz CT molecular complexity index is 374. The minimum Gasteiger partial charge on any atom is -0.492 e. The van der Waals surface area contributed by atoms with Crippen LogP contribution < -0.4 is 15.8 Å². The molecular weight excluding hydrogens is 381 g/mol. The van der Waals surface area contributed by atoms with Crippen LogP contribution in [0.25, 0.3) is 0 Å². The minimum absolute atomic E-state index is 0. The summed E-state index contributed by atoms with van der Waals surface area (Å²) in [6, 6.07) is 7.20. The van der Waals surface area contributed by atoms with Crippen LogP contribution in [0.1, 0.15) is 0 Å². The molecule has 1 rings (SSSR count). The Morgan fingerprint density at radius 3 is 2.63 bits per heavy atom. The van der Waals surface area contributed by atoms with Gasteiger partial charge in [-0.2, -0.15) is 0 Å². The van der Waals surface area contributed by atoms with E-state index < -0.39 is 0 Å². The van der Waals surface area contributed by atoms with Crippen LogP contribution in [0.15, 0.2) is 29.3 Å². The molecule has 19 heavy (non-hydrogen) atoms. The molecule has 0 radical (unpaired) electrons. The second kappa shape index (κ2) is 11.1. The number of methoxy groups -OCH3 is 1. The molecule has 0 fully saturated rings. The first-order valence-corrected chi connectivity index (χ1v) is 6.01. The van der Waals surface area contributed by atoms with Gasteiger partial charge in [0.1, 0.15) is 12.4 Å². The summed E-state index contributed by atoms with van der Waals surface area (Å²) in [6.45, 7) is 2.20. The van der Waals surface area contributed by atoms with Gasteiger partial charge in [-0.15, -0.1) is 24.0 Å². The van der Waals surface area contributed by atoms with E-state index in [0.29, 0.717) is 37.3 Å². The Kier molecular flexibility index (Phi) is 10.7. The molecule has 0 aliphatic carbocycles. The lowest BCUT2D eigenvalue weighted by molar-refractivity contribution is 0.208. The van der Waals surface area contributed by atoms with Gasteiger partial charge in [0.15, 0.2) is 5.96 Å². The van der Waals surface area contributed by atoms with Crippen LogP contribution in [0.3, 0.4) is 0 Å². The van der Waals surface area contributed by atoms with E-state index in [2.05, 4.69) is 10.3 Å². The van der Waals surface area contributed by atoms with Crippen molar-refractivity contribution in [3.8, 4) is 5.75 Å². The maximum Gasteiger partial charge on any atom is 0.188 e. The van der Waals surface area contributed by atoms with Gasteiger partial charge in [-0.05, 0) is 24.3 Å². The van der Waals surface area contributed by atoms with E-state index in [-0.39, 0.29) is 24.0 Å². The Hall–Kier alpha value is -0.730. The molecule has 0 atom stereocenters. The molecule has 0 aliphatic heterocycles. The number of halogens is 2. The third-order valence-electron chi connectivity index (χ3n) is 2.07. The molecule has 1 aromatic rings. The van der Waals surface area contributed by atoms with Gasteiger partial charge in [-0.3, -0.25) is 4.99 Å². The smallest absolute Gasteiger partial charge is 0.188 e. The van der Waals surface area contributed by atoms with E-state index in [4.69, 9.17) is 26.8 Å². The maximum absolute atomic E-state index is 5.76. The molecule has 0 bridgehead atoms. The van der Waals surface area contributed by atoms with Crippen LogP contribution >= 0.6 is 35.6 Å². The van der Waals surface area contributed by atoms with Gasteiger partial charge in [0.2, 0.25) is 0 Å². The van der Waals surface area contributed by atoms with Crippen molar-refractivity contribution in [3.05, 3.63) is 29.3 Å². The van der Waals surface area contributed by atoms with Crippen molar-refractivity contribution >= 4 is 41.5 Å². The molecule has 7 heteroatoms. The fraction of sp³-hybridized carbons (Fsp3) is 0.417. The maximum atomic E-state index is 5.76. The average Bonchev–Trinajstić information content (AvgIpc) is 2.37. The first kappa shape index (κ1) is 18.3. The fourth-order valence-electron chi connectivity index (χ4n) is 1.19. The zero-order chi connectivity index (χ0) is 13.2. The summed E-state index contributed by atoms with van der Waals surface area (Å²) >= 11 is 5.76. The van der Waals surface area contributed by atoms with E-state index in [9.17, 15) is 0 Å². The van der Waals surface area contributed by atoms with Crippen molar-refractivity contribution in [1.29, 1.82) is 0 Å². The highest BCUT2D eigenvalue weighted by Gasteiger charge is 1.94. The second-order valence-corrected chi connectivity index (χ2v) is 3.93. The van der Waals surface area contributed by atoms with Crippen molar-refractivity contribution in [3.63, 3.8) is 0 Å². The Morgan fingerprint density at radius 2 is 2.00 bits per heavy atom. The van der Waals surface area contributed by atoms with Crippen LogP contribution in [-0.4, -0.2) is 39.4 Å². The average molecular weight is 400 g/mol. The lowest BCUT2D eigenvalue weighted by atomic mass is 10.3. The highest BCUT2D eigenvalue weighted by molar-refractivity contribution is 14.0. The second-order valence-electron chi connectivity index (χ2n) is 3.49. The third kappa shape index (κ3) is 8.90.